The summed E-state index contributed by atoms with van der Waals surface area (Å²) in [6.45, 7) is 7.44. The van der Waals surface area contributed by atoms with E-state index < -0.39 is 0 Å². The third kappa shape index (κ3) is 3.13. The van der Waals surface area contributed by atoms with Gasteiger partial charge in [0.25, 0.3) is 0 Å². The fourth-order valence-corrected chi connectivity index (χ4v) is 3.83. The summed E-state index contributed by atoms with van der Waals surface area (Å²) in [6.07, 6.45) is 9.15. The van der Waals surface area contributed by atoms with Crippen LogP contribution in [0.25, 0.3) is 0 Å². The minimum atomic E-state index is -0.0609. The van der Waals surface area contributed by atoms with Gasteiger partial charge in [-0.25, -0.2) is 0 Å². The van der Waals surface area contributed by atoms with E-state index in [-0.39, 0.29) is 5.41 Å². The molecule has 0 aromatic carbocycles. The average Bonchev–Trinajstić information content (AvgIpc) is 2.48. The van der Waals surface area contributed by atoms with Crippen LogP contribution in [0.5, 0.6) is 0 Å². The summed E-state index contributed by atoms with van der Waals surface area (Å²) in [5.74, 6) is 0.467. The highest BCUT2D eigenvalue weighted by molar-refractivity contribution is 5.83. The van der Waals surface area contributed by atoms with Gasteiger partial charge in [0.15, 0.2) is 0 Å². The molecule has 1 amide bonds. The maximum atomic E-state index is 13.1. The van der Waals surface area contributed by atoms with Crippen molar-refractivity contribution in [2.75, 3.05) is 19.6 Å². The Morgan fingerprint density at radius 1 is 1.26 bits per heavy atom. The molecule has 2 saturated heterocycles. The Labute approximate surface area is 118 Å². The first-order valence-corrected chi connectivity index (χ1v) is 8.25. The first-order valence-electron chi connectivity index (χ1n) is 8.25. The number of likely N-dealkylation sites (tertiary alicyclic amines) is 1. The molecule has 3 heteroatoms. The number of carbonyl (C=O) groups is 1. The van der Waals surface area contributed by atoms with Crippen LogP contribution in [0, 0.1) is 5.41 Å². The van der Waals surface area contributed by atoms with E-state index in [1.54, 1.807) is 0 Å². The number of hydrogen-bond acceptors (Lipinski definition) is 2. The van der Waals surface area contributed by atoms with Gasteiger partial charge in [-0.1, -0.05) is 20.3 Å². The van der Waals surface area contributed by atoms with Crippen molar-refractivity contribution in [2.24, 2.45) is 5.41 Å². The first kappa shape index (κ1) is 14.8. The lowest BCUT2D eigenvalue weighted by Crippen LogP contribution is -2.53. The Bertz CT molecular complexity index is 295. The third-order valence-corrected chi connectivity index (χ3v) is 5.20. The van der Waals surface area contributed by atoms with Gasteiger partial charge in [-0.2, -0.15) is 0 Å². The van der Waals surface area contributed by atoms with Crippen LogP contribution in [0.15, 0.2) is 0 Å². The molecule has 2 heterocycles. The van der Waals surface area contributed by atoms with Crippen molar-refractivity contribution >= 4 is 5.91 Å². The molecule has 110 valence electrons. The molecule has 0 spiro atoms. The summed E-state index contributed by atoms with van der Waals surface area (Å²) < 4.78 is 0. The zero-order valence-corrected chi connectivity index (χ0v) is 12.7. The lowest BCUT2D eigenvalue weighted by atomic mass is 9.74. The smallest absolute Gasteiger partial charge is 0.229 e. The highest BCUT2D eigenvalue weighted by atomic mass is 16.2. The van der Waals surface area contributed by atoms with Gasteiger partial charge in [-0.3, -0.25) is 4.79 Å². The van der Waals surface area contributed by atoms with Gasteiger partial charge in [0, 0.05) is 12.6 Å². The van der Waals surface area contributed by atoms with Gasteiger partial charge >= 0.3 is 0 Å². The molecule has 2 aliphatic heterocycles. The summed E-state index contributed by atoms with van der Waals surface area (Å²) in [6, 6.07) is 0.518. The predicted molar refractivity (Wildman–Crippen MR) is 79.1 cm³/mol. The van der Waals surface area contributed by atoms with E-state index >= 15 is 0 Å². The van der Waals surface area contributed by atoms with Crippen molar-refractivity contribution in [3.05, 3.63) is 0 Å². The third-order valence-electron chi connectivity index (χ3n) is 5.20. The van der Waals surface area contributed by atoms with Crippen molar-refractivity contribution in [1.82, 2.24) is 10.2 Å². The summed E-state index contributed by atoms with van der Waals surface area (Å²) in [5.41, 5.74) is -0.0609. The lowest BCUT2D eigenvalue weighted by molar-refractivity contribution is -0.148. The van der Waals surface area contributed by atoms with Crippen molar-refractivity contribution < 1.29 is 4.79 Å². The quantitative estimate of drug-likeness (QED) is 0.848. The molecule has 2 fully saturated rings. The van der Waals surface area contributed by atoms with Gasteiger partial charge in [-0.05, 0) is 58.0 Å². The minimum absolute atomic E-state index is 0.0609. The second kappa shape index (κ2) is 6.74. The van der Waals surface area contributed by atoms with Gasteiger partial charge in [0.05, 0.1) is 5.41 Å². The number of nitrogens with zero attached hydrogens (tertiary/aromatic N) is 1. The molecule has 0 aliphatic carbocycles. The minimum Gasteiger partial charge on any atom is -0.339 e. The van der Waals surface area contributed by atoms with Crippen molar-refractivity contribution in [3.63, 3.8) is 0 Å². The van der Waals surface area contributed by atoms with Crippen LogP contribution in [0.3, 0.4) is 0 Å². The molecular formula is C16H30N2O. The van der Waals surface area contributed by atoms with Crippen LogP contribution in [0.4, 0.5) is 0 Å². The van der Waals surface area contributed by atoms with E-state index in [1.807, 2.05) is 0 Å². The number of hydrogen-bond donors (Lipinski definition) is 1. The van der Waals surface area contributed by atoms with Crippen molar-refractivity contribution in [3.8, 4) is 0 Å². The fourth-order valence-electron chi connectivity index (χ4n) is 3.83. The van der Waals surface area contributed by atoms with Crippen LogP contribution < -0.4 is 5.32 Å². The van der Waals surface area contributed by atoms with Crippen LogP contribution in [-0.4, -0.2) is 36.5 Å². The first-order chi connectivity index (χ1) is 9.23. The maximum absolute atomic E-state index is 13.1. The molecule has 0 aromatic rings. The molecule has 3 nitrogen and oxygen atoms in total. The highest BCUT2D eigenvalue weighted by Gasteiger charge is 2.42. The maximum Gasteiger partial charge on any atom is 0.229 e. The molecule has 0 aromatic heterocycles. The van der Waals surface area contributed by atoms with Crippen molar-refractivity contribution in [2.45, 2.75) is 71.3 Å². The largest absolute Gasteiger partial charge is 0.339 e. The molecular weight excluding hydrogens is 236 g/mol. The SMILES string of the molecule is CCCC1CCCCN1C(=O)C1(CC)CCNCC1. The van der Waals surface area contributed by atoms with E-state index in [9.17, 15) is 4.79 Å². The van der Waals surface area contributed by atoms with Gasteiger partial charge in [0.2, 0.25) is 5.91 Å². The summed E-state index contributed by atoms with van der Waals surface area (Å²) in [5, 5.41) is 3.40. The molecule has 2 rings (SSSR count). The number of piperidine rings is 2. The Morgan fingerprint density at radius 2 is 2.00 bits per heavy atom. The number of amides is 1. The molecule has 1 N–H and O–H groups in total. The van der Waals surface area contributed by atoms with E-state index in [0.717, 1.165) is 38.9 Å². The topological polar surface area (TPSA) is 32.3 Å². The Kier molecular flexibility index (Phi) is 5.26. The average molecular weight is 266 g/mol. The van der Waals surface area contributed by atoms with Crippen LogP contribution in [-0.2, 0) is 4.79 Å². The lowest BCUT2D eigenvalue weighted by Gasteiger charge is -2.44. The highest BCUT2D eigenvalue weighted by Crippen LogP contribution is 2.37. The number of carbonyl (C=O) groups excluding carboxylic acids is 1. The van der Waals surface area contributed by atoms with Gasteiger partial charge in [0.1, 0.15) is 0 Å². The normalized spacial score (nSPS) is 27.3. The van der Waals surface area contributed by atoms with Gasteiger partial charge < -0.3 is 10.2 Å². The standard InChI is InChI=1S/C16H30N2O/c1-3-7-14-8-5-6-13-18(14)15(19)16(4-2)9-11-17-12-10-16/h14,17H,3-13H2,1-2H3. The number of nitrogens with one attached hydrogen (secondary N) is 1. The molecule has 0 bridgehead atoms. The Hall–Kier alpha value is -0.570. The number of rotatable bonds is 4. The molecule has 0 saturated carbocycles. The summed E-state index contributed by atoms with van der Waals surface area (Å²) in [7, 11) is 0. The van der Waals surface area contributed by atoms with Crippen LogP contribution >= 0.6 is 0 Å². The zero-order valence-electron chi connectivity index (χ0n) is 12.7. The summed E-state index contributed by atoms with van der Waals surface area (Å²) in [4.78, 5) is 15.3. The zero-order chi connectivity index (χ0) is 13.7. The predicted octanol–water partition coefficient (Wildman–Crippen LogP) is 2.95. The molecule has 1 unspecified atom stereocenters. The Morgan fingerprint density at radius 3 is 2.63 bits per heavy atom. The van der Waals surface area contributed by atoms with Gasteiger partial charge in [-0.15, -0.1) is 0 Å². The van der Waals surface area contributed by atoms with E-state index in [4.69, 9.17) is 0 Å². The Balaban J connectivity index is 2.10. The van der Waals surface area contributed by atoms with E-state index in [0.29, 0.717) is 11.9 Å². The molecule has 0 radical (unpaired) electrons. The van der Waals surface area contributed by atoms with Crippen molar-refractivity contribution in [1.29, 1.82) is 0 Å². The molecule has 19 heavy (non-hydrogen) atoms. The van der Waals surface area contributed by atoms with E-state index in [1.165, 1.54) is 32.1 Å². The second-order valence-electron chi connectivity index (χ2n) is 6.32. The molecule has 1 atom stereocenters. The second-order valence-corrected chi connectivity index (χ2v) is 6.32. The van der Waals surface area contributed by atoms with Crippen LogP contribution in [0.2, 0.25) is 0 Å². The fraction of sp³-hybridized carbons (Fsp3) is 0.938. The summed E-state index contributed by atoms with van der Waals surface area (Å²) >= 11 is 0. The molecule has 2 aliphatic rings. The van der Waals surface area contributed by atoms with Crippen LogP contribution in [0.1, 0.15) is 65.2 Å². The monoisotopic (exact) mass is 266 g/mol. The van der Waals surface area contributed by atoms with E-state index in [2.05, 4.69) is 24.1 Å².